The molecule has 0 bridgehead atoms. The number of carbonyl (C=O) groups is 3. The maximum atomic E-state index is 13.7. The average Bonchev–Trinajstić information content (AvgIpc) is 3.48. The quantitative estimate of drug-likeness (QED) is 0.152. The molecule has 3 aromatic heterocycles. The number of ketones is 1. The van der Waals surface area contributed by atoms with Gasteiger partial charge in [0.25, 0.3) is 0 Å². The molecular weight excluding hydrogens is 602 g/mol. The average molecular weight is 633 g/mol. The lowest BCUT2D eigenvalue weighted by molar-refractivity contribution is -0.138. The van der Waals surface area contributed by atoms with Gasteiger partial charge in [-0.2, -0.15) is 0 Å². The molecule has 1 saturated heterocycles. The van der Waals surface area contributed by atoms with Crippen molar-refractivity contribution in [1.29, 1.82) is 0 Å². The van der Waals surface area contributed by atoms with Crippen LogP contribution in [-0.4, -0.2) is 74.4 Å². The third kappa shape index (κ3) is 5.64. The largest absolute Gasteiger partial charge is 0.383 e. The first-order chi connectivity index (χ1) is 20.3. The van der Waals surface area contributed by atoms with Gasteiger partial charge in [0.15, 0.2) is 5.78 Å². The Balaban J connectivity index is 1.22. The summed E-state index contributed by atoms with van der Waals surface area (Å²) in [6, 6.07) is 10.6. The zero-order valence-electron chi connectivity index (χ0n) is 23.2. The maximum absolute atomic E-state index is 13.7. The molecule has 4 aromatic rings. The normalized spacial score (nSPS) is 19.0. The highest BCUT2D eigenvalue weighted by Crippen LogP contribution is 2.48. The third-order valence-corrected chi connectivity index (χ3v) is 8.24. The molecule has 2 N–H and O–H groups in total. The van der Waals surface area contributed by atoms with Crippen molar-refractivity contribution >= 4 is 56.2 Å². The number of hydrogen-bond donors (Lipinski definition) is 2. The van der Waals surface area contributed by atoms with Crippen LogP contribution >= 0.6 is 15.9 Å². The van der Waals surface area contributed by atoms with E-state index in [9.17, 15) is 14.4 Å². The first-order valence-corrected chi connectivity index (χ1v) is 14.6. The van der Waals surface area contributed by atoms with Crippen LogP contribution in [0.25, 0.3) is 22.0 Å². The van der Waals surface area contributed by atoms with Crippen molar-refractivity contribution < 1.29 is 19.1 Å². The van der Waals surface area contributed by atoms with E-state index in [1.54, 1.807) is 53.4 Å². The summed E-state index contributed by atoms with van der Waals surface area (Å²) in [5, 5.41) is 6.69. The first-order valence-electron chi connectivity index (χ1n) is 13.8. The number of ether oxygens (including phenoxy) is 1. The number of halogens is 1. The zero-order chi connectivity index (χ0) is 29.4. The third-order valence-electron chi connectivity index (χ3n) is 7.80. The lowest BCUT2D eigenvalue weighted by atomic mass is 10.0. The maximum Gasteiger partial charge on any atom is 0.248 e. The van der Waals surface area contributed by atoms with Crippen LogP contribution in [0.3, 0.4) is 0 Å². The second-order valence-corrected chi connectivity index (χ2v) is 11.4. The molecule has 42 heavy (non-hydrogen) atoms. The van der Waals surface area contributed by atoms with Gasteiger partial charge in [-0.25, -0.2) is 15.0 Å². The van der Waals surface area contributed by atoms with Crippen LogP contribution in [0.15, 0.2) is 59.6 Å². The summed E-state index contributed by atoms with van der Waals surface area (Å²) in [6.45, 7) is 2.69. The fraction of sp³-hybridized carbons (Fsp3) is 0.333. The lowest BCUT2D eigenvalue weighted by Gasteiger charge is -2.27. The predicted octanol–water partition coefficient (Wildman–Crippen LogP) is 4.14. The number of Topliss-reactive ketones (excluding diaryl/α,β-unsaturated/α-hetero) is 1. The molecule has 0 unspecified atom stereocenters. The van der Waals surface area contributed by atoms with E-state index in [2.05, 4.69) is 41.5 Å². The van der Waals surface area contributed by atoms with Crippen molar-refractivity contribution in [2.24, 2.45) is 5.92 Å². The van der Waals surface area contributed by atoms with Crippen LogP contribution in [0.4, 0.5) is 11.8 Å². The van der Waals surface area contributed by atoms with Gasteiger partial charge in [0.05, 0.1) is 6.61 Å². The Bertz CT molecular complexity index is 1670. The molecule has 216 valence electrons. The molecule has 0 radical (unpaired) electrons. The fourth-order valence-electron chi connectivity index (χ4n) is 5.69. The standard InChI is InChI=1S/C30H30BrN7O4/c1-17(39)22-15-37(23-7-6-18(10-21(22)23)20-13-33-30(34-14-20)32-8-9-42-2)16-28(40)38-24-11-19(24)12-25(38)29(41)36-27-5-3-4-26(31)35-27/h3-7,10,13-15,19,24-25H,8-9,11-12,16H2,1-2H3,(H,32,33,34)(H,35,36,41)/t19-,24-,25+/m1/s1. The smallest absolute Gasteiger partial charge is 0.248 e. The van der Waals surface area contributed by atoms with E-state index in [0.29, 0.717) is 47.4 Å². The molecule has 1 saturated carbocycles. The number of nitrogens with zero attached hydrogens (tertiary/aromatic N) is 5. The Hall–Kier alpha value is -4.16. The Morgan fingerprint density at radius 2 is 1.90 bits per heavy atom. The Kier molecular flexibility index (Phi) is 7.74. The van der Waals surface area contributed by atoms with Crippen LogP contribution < -0.4 is 10.6 Å². The number of aromatic nitrogens is 4. The minimum Gasteiger partial charge on any atom is -0.383 e. The molecule has 12 heteroatoms. The zero-order valence-corrected chi connectivity index (χ0v) is 24.8. The molecule has 2 fully saturated rings. The number of fused-ring (bicyclic) bond motifs is 2. The number of anilines is 2. The van der Waals surface area contributed by atoms with Gasteiger partial charge in [-0.15, -0.1) is 0 Å². The second-order valence-electron chi connectivity index (χ2n) is 10.6. The van der Waals surface area contributed by atoms with Gasteiger partial charge >= 0.3 is 0 Å². The number of hydrogen-bond acceptors (Lipinski definition) is 8. The van der Waals surface area contributed by atoms with Gasteiger partial charge < -0.3 is 24.8 Å². The number of carbonyl (C=O) groups excluding carboxylic acids is 3. The number of methoxy groups -OCH3 is 1. The first kappa shape index (κ1) is 28.0. The minimum absolute atomic E-state index is 0.0240. The Labute approximate surface area is 250 Å². The van der Waals surface area contributed by atoms with Crippen molar-refractivity contribution in [2.45, 2.75) is 38.4 Å². The number of rotatable bonds is 10. The summed E-state index contributed by atoms with van der Waals surface area (Å²) < 4.78 is 7.46. The van der Waals surface area contributed by atoms with E-state index < -0.39 is 6.04 Å². The van der Waals surface area contributed by atoms with Gasteiger partial charge in [-0.1, -0.05) is 12.1 Å². The summed E-state index contributed by atoms with van der Waals surface area (Å²) in [4.78, 5) is 54.3. The van der Waals surface area contributed by atoms with Crippen LogP contribution in [0.2, 0.25) is 0 Å². The molecule has 6 rings (SSSR count). The molecule has 2 aliphatic rings. The second kappa shape index (κ2) is 11.6. The van der Waals surface area contributed by atoms with Crippen LogP contribution in [-0.2, 0) is 20.9 Å². The molecular formula is C30H30BrN7O4. The number of piperidine rings is 1. The van der Waals surface area contributed by atoms with E-state index in [-0.39, 0.29) is 30.2 Å². The number of likely N-dealkylation sites (tertiary alicyclic amines) is 1. The highest BCUT2D eigenvalue weighted by atomic mass is 79.9. The van der Waals surface area contributed by atoms with Gasteiger partial charge in [0.1, 0.15) is 23.0 Å². The SMILES string of the molecule is COCCNc1ncc(-c2ccc3c(c2)c(C(C)=O)cn3CC(=O)N2[C@@H]3C[C@@H]3C[C@H]2C(=O)Nc2cccc(Br)n2)cn1. The van der Waals surface area contributed by atoms with Gasteiger partial charge in [-0.05, 0) is 71.4 Å². The summed E-state index contributed by atoms with van der Waals surface area (Å²) in [5.74, 6) is 0.784. The van der Waals surface area contributed by atoms with Crippen molar-refractivity contribution in [3.8, 4) is 11.1 Å². The molecule has 0 spiro atoms. The number of pyridine rings is 1. The molecule has 2 amide bonds. The summed E-state index contributed by atoms with van der Waals surface area (Å²) >= 11 is 3.32. The van der Waals surface area contributed by atoms with Crippen molar-refractivity contribution in [3.05, 3.63) is 65.2 Å². The topological polar surface area (TPSA) is 131 Å². The molecule has 4 heterocycles. The molecule has 3 atom stereocenters. The number of nitrogens with one attached hydrogen (secondary N) is 2. The Morgan fingerprint density at radius 1 is 1.10 bits per heavy atom. The van der Waals surface area contributed by atoms with Gasteiger partial charge in [-0.3, -0.25) is 14.4 Å². The number of benzene rings is 1. The van der Waals surface area contributed by atoms with Crippen LogP contribution in [0, 0.1) is 5.92 Å². The molecule has 1 aliphatic heterocycles. The van der Waals surface area contributed by atoms with Crippen LogP contribution in [0.1, 0.15) is 30.1 Å². The van der Waals surface area contributed by atoms with E-state index >= 15 is 0 Å². The van der Waals surface area contributed by atoms with Gasteiger partial charge in [0, 0.05) is 60.3 Å². The van der Waals surface area contributed by atoms with Crippen molar-refractivity contribution in [2.75, 3.05) is 30.9 Å². The summed E-state index contributed by atoms with van der Waals surface area (Å²) in [7, 11) is 1.63. The van der Waals surface area contributed by atoms with Crippen molar-refractivity contribution in [3.63, 3.8) is 0 Å². The summed E-state index contributed by atoms with van der Waals surface area (Å²) in [6.07, 6.45) is 6.72. The lowest BCUT2D eigenvalue weighted by Crippen LogP contribution is -2.46. The van der Waals surface area contributed by atoms with Gasteiger partial charge in [0.2, 0.25) is 17.8 Å². The Morgan fingerprint density at radius 3 is 2.64 bits per heavy atom. The fourth-order valence-corrected chi connectivity index (χ4v) is 6.03. The van der Waals surface area contributed by atoms with E-state index in [1.165, 1.54) is 6.92 Å². The monoisotopic (exact) mass is 631 g/mol. The predicted molar refractivity (Wildman–Crippen MR) is 161 cm³/mol. The van der Waals surface area contributed by atoms with Crippen LogP contribution in [0.5, 0.6) is 0 Å². The molecule has 11 nitrogen and oxygen atoms in total. The highest BCUT2D eigenvalue weighted by molar-refractivity contribution is 9.10. The van der Waals surface area contributed by atoms with E-state index in [0.717, 1.165) is 28.5 Å². The highest BCUT2D eigenvalue weighted by Gasteiger charge is 2.56. The van der Waals surface area contributed by atoms with Crippen molar-refractivity contribution in [1.82, 2.24) is 24.4 Å². The number of amides is 2. The van der Waals surface area contributed by atoms with E-state index in [4.69, 9.17) is 4.74 Å². The molecule has 1 aliphatic carbocycles. The summed E-state index contributed by atoms with van der Waals surface area (Å²) in [5.41, 5.74) is 2.95. The van der Waals surface area contributed by atoms with E-state index in [1.807, 2.05) is 18.2 Å². The molecule has 1 aromatic carbocycles. The minimum atomic E-state index is -0.560.